The standard InChI is InChI=1S/C16H20N2O5/c1-11(2)7-17(9-16(21)22)14(19)8-18-12-5-3-4-6-13(12)23-10-15(18)20/h3-6,11H,7-10H2,1-2H3,(H,21,22). The third kappa shape index (κ3) is 4.21. The Morgan fingerprint density at radius 1 is 1.35 bits per heavy atom. The molecule has 0 saturated carbocycles. The molecule has 124 valence electrons. The van der Waals surface area contributed by atoms with Gasteiger partial charge in [-0.3, -0.25) is 19.3 Å². The summed E-state index contributed by atoms with van der Waals surface area (Å²) in [5.41, 5.74) is 0.525. The second kappa shape index (κ2) is 7.13. The fraction of sp³-hybridized carbons (Fsp3) is 0.438. The summed E-state index contributed by atoms with van der Waals surface area (Å²) in [7, 11) is 0. The summed E-state index contributed by atoms with van der Waals surface area (Å²) in [6, 6.07) is 6.96. The van der Waals surface area contributed by atoms with Crippen molar-refractivity contribution in [3.8, 4) is 5.75 Å². The molecule has 1 heterocycles. The molecule has 0 atom stereocenters. The van der Waals surface area contributed by atoms with E-state index in [-0.39, 0.29) is 31.5 Å². The summed E-state index contributed by atoms with van der Waals surface area (Å²) >= 11 is 0. The van der Waals surface area contributed by atoms with Crippen molar-refractivity contribution in [3.63, 3.8) is 0 Å². The van der Waals surface area contributed by atoms with Crippen LogP contribution in [0.2, 0.25) is 0 Å². The van der Waals surface area contributed by atoms with Gasteiger partial charge in [-0.2, -0.15) is 0 Å². The summed E-state index contributed by atoms with van der Waals surface area (Å²) in [6.07, 6.45) is 0. The van der Waals surface area contributed by atoms with Crippen LogP contribution >= 0.6 is 0 Å². The lowest BCUT2D eigenvalue weighted by Crippen LogP contribution is -2.48. The molecule has 0 aliphatic carbocycles. The van der Waals surface area contributed by atoms with Gasteiger partial charge in [0.15, 0.2) is 6.61 Å². The number of rotatable bonds is 6. The number of hydrogen-bond donors (Lipinski definition) is 1. The number of anilines is 1. The Labute approximate surface area is 134 Å². The molecule has 1 N–H and O–H groups in total. The van der Waals surface area contributed by atoms with Crippen LogP contribution in [-0.2, 0) is 14.4 Å². The van der Waals surface area contributed by atoms with E-state index in [4.69, 9.17) is 9.84 Å². The number of carboxylic acids is 1. The van der Waals surface area contributed by atoms with Gasteiger partial charge in [-0.1, -0.05) is 26.0 Å². The first kappa shape index (κ1) is 16.8. The van der Waals surface area contributed by atoms with Gasteiger partial charge < -0.3 is 14.7 Å². The van der Waals surface area contributed by atoms with Gasteiger partial charge in [0.2, 0.25) is 5.91 Å². The Morgan fingerprint density at radius 3 is 2.70 bits per heavy atom. The van der Waals surface area contributed by atoms with Gasteiger partial charge in [0.05, 0.1) is 5.69 Å². The lowest BCUT2D eigenvalue weighted by molar-refractivity contribution is -0.144. The summed E-state index contributed by atoms with van der Waals surface area (Å²) in [4.78, 5) is 38.1. The van der Waals surface area contributed by atoms with Crippen LogP contribution in [0.3, 0.4) is 0 Å². The topological polar surface area (TPSA) is 87.2 Å². The van der Waals surface area contributed by atoms with E-state index in [0.717, 1.165) is 0 Å². The number of benzene rings is 1. The highest BCUT2D eigenvalue weighted by Crippen LogP contribution is 2.31. The average Bonchev–Trinajstić information content (AvgIpc) is 2.48. The van der Waals surface area contributed by atoms with Gasteiger partial charge in [0, 0.05) is 6.54 Å². The van der Waals surface area contributed by atoms with Crippen LogP contribution < -0.4 is 9.64 Å². The molecule has 23 heavy (non-hydrogen) atoms. The molecule has 7 nitrogen and oxygen atoms in total. The molecular formula is C16H20N2O5. The predicted octanol–water partition coefficient (Wildman–Crippen LogP) is 0.981. The van der Waals surface area contributed by atoms with Gasteiger partial charge in [-0.25, -0.2) is 0 Å². The molecule has 1 aromatic carbocycles. The molecule has 2 rings (SSSR count). The molecule has 0 spiro atoms. The van der Waals surface area contributed by atoms with E-state index in [0.29, 0.717) is 18.0 Å². The molecule has 0 fully saturated rings. The highest BCUT2D eigenvalue weighted by atomic mass is 16.5. The van der Waals surface area contributed by atoms with E-state index in [9.17, 15) is 14.4 Å². The van der Waals surface area contributed by atoms with E-state index in [1.54, 1.807) is 24.3 Å². The number of carbonyl (C=O) groups excluding carboxylic acids is 2. The highest BCUT2D eigenvalue weighted by Gasteiger charge is 2.29. The Hall–Kier alpha value is -2.57. The predicted molar refractivity (Wildman–Crippen MR) is 83.3 cm³/mol. The minimum absolute atomic E-state index is 0.131. The van der Waals surface area contributed by atoms with Gasteiger partial charge in [-0.05, 0) is 18.1 Å². The number of aliphatic carboxylic acids is 1. The summed E-state index contributed by atoms with van der Waals surface area (Å²) in [6.45, 7) is 3.42. The van der Waals surface area contributed by atoms with E-state index in [1.165, 1.54) is 9.80 Å². The largest absolute Gasteiger partial charge is 0.482 e. The number of nitrogens with zero attached hydrogens (tertiary/aromatic N) is 2. The molecule has 0 bridgehead atoms. The minimum Gasteiger partial charge on any atom is -0.482 e. The van der Waals surface area contributed by atoms with E-state index in [1.807, 2.05) is 13.8 Å². The molecule has 0 aromatic heterocycles. The zero-order chi connectivity index (χ0) is 17.0. The lowest BCUT2D eigenvalue weighted by atomic mass is 10.2. The van der Waals surface area contributed by atoms with Crippen molar-refractivity contribution in [1.82, 2.24) is 4.90 Å². The Morgan fingerprint density at radius 2 is 2.04 bits per heavy atom. The molecule has 7 heteroatoms. The molecule has 0 saturated heterocycles. The molecule has 0 radical (unpaired) electrons. The maximum atomic E-state index is 12.5. The zero-order valence-corrected chi connectivity index (χ0v) is 13.2. The van der Waals surface area contributed by atoms with E-state index < -0.39 is 11.9 Å². The molecule has 2 amide bonds. The third-order valence-electron chi connectivity index (χ3n) is 3.37. The van der Waals surface area contributed by atoms with Gasteiger partial charge in [0.1, 0.15) is 18.8 Å². The van der Waals surface area contributed by atoms with Crippen LogP contribution in [0, 0.1) is 5.92 Å². The average molecular weight is 320 g/mol. The van der Waals surface area contributed by atoms with Crippen molar-refractivity contribution >= 4 is 23.5 Å². The number of fused-ring (bicyclic) bond motifs is 1. The van der Waals surface area contributed by atoms with Gasteiger partial charge >= 0.3 is 5.97 Å². The molecule has 1 aromatic rings. The number of carbonyl (C=O) groups is 3. The van der Waals surface area contributed by atoms with Crippen LogP contribution in [0.4, 0.5) is 5.69 Å². The molecule has 0 unspecified atom stereocenters. The van der Waals surface area contributed by atoms with Crippen LogP contribution in [0.1, 0.15) is 13.8 Å². The van der Waals surface area contributed by atoms with Crippen molar-refractivity contribution in [2.75, 3.05) is 31.1 Å². The minimum atomic E-state index is -1.08. The summed E-state index contributed by atoms with van der Waals surface area (Å²) in [5, 5.41) is 8.97. The monoisotopic (exact) mass is 320 g/mol. The number of carboxylic acid groups (broad SMARTS) is 1. The first-order valence-electron chi connectivity index (χ1n) is 7.40. The second-order valence-corrected chi connectivity index (χ2v) is 5.80. The lowest BCUT2D eigenvalue weighted by Gasteiger charge is -2.31. The molecule has 1 aliphatic rings. The number of ether oxygens (including phenoxy) is 1. The van der Waals surface area contributed by atoms with Crippen LogP contribution in [0.25, 0.3) is 0 Å². The Balaban J connectivity index is 2.17. The quantitative estimate of drug-likeness (QED) is 0.844. The van der Waals surface area contributed by atoms with E-state index >= 15 is 0 Å². The highest BCUT2D eigenvalue weighted by molar-refractivity contribution is 6.02. The fourth-order valence-electron chi connectivity index (χ4n) is 2.42. The van der Waals surface area contributed by atoms with Crippen molar-refractivity contribution in [1.29, 1.82) is 0 Å². The number of para-hydroxylation sites is 2. The van der Waals surface area contributed by atoms with Crippen LogP contribution in [-0.4, -0.2) is 54.0 Å². The molecule has 1 aliphatic heterocycles. The maximum Gasteiger partial charge on any atom is 0.323 e. The second-order valence-electron chi connectivity index (χ2n) is 5.80. The summed E-state index contributed by atoms with van der Waals surface area (Å²) < 4.78 is 5.33. The van der Waals surface area contributed by atoms with Gasteiger partial charge in [0.25, 0.3) is 5.91 Å². The van der Waals surface area contributed by atoms with E-state index in [2.05, 4.69) is 0 Å². The first-order valence-corrected chi connectivity index (χ1v) is 7.40. The smallest absolute Gasteiger partial charge is 0.323 e. The molecular weight excluding hydrogens is 300 g/mol. The van der Waals surface area contributed by atoms with Crippen molar-refractivity contribution in [2.24, 2.45) is 5.92 Å². The zero-order valence-electron chi connectivity index (χ0n) is 13.2. The number of hydrogen-bond acceptors (Lipinski definition) is 4. The van der Waals surface area contributed by atoms with Crippen molar-refractivity contribution < 1.29 is 24.2 Å². The Bertz CT molecular complexity index is 614. The normalized spacial score (nSPS) is 13.5. The third-order valence-corrected chi connectivity index (χ3v) is 3.37. The van der Waals surface area contributed by atoms with Crippen molar-refractivity contribution in [2.45, 2.75) is 13.8 Å². The maximum absolute atomic E-state index is 12.5. The SMILES string of the molecule is CC(C)CN(CC(=O)O)C(=O)CN1C(=O)COc2ccccc21. The van der Waals surface area contributed by atoms with Crippen LogP contribution in [0.5, 0.6) is 5.75 Å². The van der Waals surface area contributed by atoms with Crippen LogP contribution in [0.15, 0.2) is 24.3 Å². The number of amides is 2. The first-order chi connectivity index (χ1) is 10.9. The van der Waals surface area contributed by atoms with Gasteiger partial charge in [-0.15, -0.1) is 0 Å². The Kier molecular flexibility index (Phi) is 5.20. The summed E-state index contributed by atoms with van der Waals surface area (Å²) in [5.74, 6) is -1.13. The van der Waals surface area contributed by atoms with Crippen molar-refractivity contribution in [3.05, 3.63) is 24.3 Å². The fourth-order valence-corrected chi connectivity index (χ4v) is 2.42.